The van der Waals surface area contributed by atoms with Crippen LogP contribution >= 0.6 is 0 Å². The van der Waals surface area contributed by atoms with Crippen LogP contribution in [0.3, 0.4) is 0 Å². The second kappa shape index (κ2) is 4.37. The lowest BCUT2D eigenvalue weighted by molar-refractivity contribution is 0.246. The molecule has 0 unspecified atom stereocenters. The van der Waals surface area contributed by atoms with Crippen molar-refractivity contribution in [2.75, 3.05) is 5.32 Å². The summed E-state index contributed by atoms with van der Waals surface area (Å²) in [6, 6.07) is 2.22. The van der Waals surface area contributed by atoms with E-state index in [-0.39, 0.29) is 11.4 Å². The molecule has 0 saturated carbocycles. The topological polar surface area (TPSA) is 98.3 Å². The van der Waals surface area contributed by atoms with Crippen LogP contribution in [0.15, 0.2) is 26.1 Å². The van der Waals surface area contributed by atoms with Crippen LogP contribution in [0.4, 0.5) is 10.6 Å². The molecule has 2 N–H and O–H groups in total. The number of nitrogens with zero attached hydrogens (tertiary/aromatic N) is 2. The standard InChI is InChI=1S/C13H14N4O4/c1-6-4-5-7(21-6)9-8-10(15-12(19)14-9)16(2)13(20)17(3)11(8)18/h4-5,9H,1-3H3,(H2,14,15,19)/t9-/m1/s1. The van der Waals surface area contributed by atoms with E-state index in [0.29, 0.717) is 11.5 Å². The average Bonchev–Trinajstić information content (AvgIpc) is 2.88. The van der Waals surface area contributed by atoms with Crippen LogP contribution in [-0.4, -0.2) is 15.2 Å². The van der Waals surface area contributed by atoms with Crippen molar-refractivity contribution in [2.24, 2.45) is 14.1 Å². The van der Waals surface area contributed by atoms with Gasteiger partial charge in [0.25, 0.3) is 5.56 Å². The second-order valence-electron chi connectivity index (χ2n) is 4.95. The molecule has 21 heavy (non-hydrogen) atoms. The van der Waals surface area contributed by atoms with Gasteiger partial charge < -0.3 is 9.73 Å². The SMILES string of the molecule is Cc1ccc([C@H]2NC(=O)Nc3c2c(=O)n(C)c(=O)n3C)o1. The number of hydrogen-bond donors (Lipinski definition) is 2. The fraction of sp³-hybridized carbons (Fsp3) is 0.308. The molecule has 0 bridgehead atoms. The summed E-state index contributed by atoms with van der Waals surface area (Å²) in [5, 5.41) is 5.15. The summed E-state index contributed by atoms with van der Waals surface area (Å²) >= 11 is 0. The van der Waals surface area contributed by atoms with E-state index in [1.54, 1.807) is 19.1 Å². The molecule has 1 atom stereocenters. The predicted octanol–water partition coefficient (Wildman–Crippen LogP) is 0.210. The van der Waals surface area contributed by atoms with Crippen LogP contribution in [0.25, 0.3) is 0 Å². The Balaban J connectivity index is 2.32. The van der Waals surface area contributed by atoms with E-state index in [9.17, 15) is 14.4 Å². The van der Waals surface area contributed by atoms with Crippen LogP contribution in [-0.2, 0) is 14.1 Å². The van der Waals surface area contributed by atoms with Gasteiger partial charge in [-0.2, -0.15) is 0 Å². The molecule has 3 heterocycles. The zero-order chi connectivity index (χ0) is 15.3. The maximum atomic E-state index is 12.4. The number of aromatic nitrogens is 2. The number of carbonyl (C=O) groups excluding carboxylic acids is 1. The van der Waals surface area contributed by atoms with Crippen molar-refractivity contribution in [3.63, 3.8) is 0 Å². The first-order valence-corrected chi connectivity index (χ1v) is 6.34. The monoisotopic (exact) mass is 290 g/mol. The van der Waals surface area contributed by atoms with Gasteiger partial charge >= 0.3 is 11.7 Å². The average molecular weight is 290 g/mol. The molecule has 0 fully saturated rings. The van der Waals surface area contributed by atoms with E-state index < -0.39 is 23.3 Å². The third-order valence-electron chi connectivity index (χ3n) is 3.54. The fourth-order valence-corrected chi connectivity index (χ4v) is 2.45. The van der Waals surface area contributed by atoms with E-state index in [1.165, 1.54) is 18.7 Å². The van der Waals surface area contributed by atoms with Gasteiger partial charge in [0, 0.05) is 14.1 Å². The lowest BCUT2D eigenvalue weighted by Gasteiger charge is -2.27. The van der Waals surface area contributed by atoms with Crippen LogP contribution in [0, 0.1) is 6.92 Å². The van der Waals surface area contributed by atoms with E-state index >= 15 is 0 Å². The van der Waals surface area contributed by atoms with Gasteiger partial charge in [0.2, 0.25) is 0 Å². The Kier molecular flexibility index (Phi) is 2.75. The highest BCUT2D eigenvalue weighted by atomic mass is 16.3. The van der Waals surface area contributed by atoms with E-state index in [4.69, 9.17) is 4.42 Å². The highest BCUT2D eigenvalue weighted by Crippen LogP contribution is 2.28. The zero-order valence-corrected chi connectivity index (χ0v) is 11.8. The van der Waals surface area contributed by atoms with Gasteiger partial charge in [-0.15, -0.1) is 0 Å². The van der Waals surface area contributed by atoms with Crippen molar-refractivity contribution in [1.82, 2.24) is 14.5 Å². The lowest BCUT2D eigenvalue weighted by atomic mass is 10.0. The number of urea groups is 1. The summed E-state index contributed by atoms with van der Waals surface area (Å²) in [4.78, 5) is 36.1. The third-order valence-corrected chi connectivity index (χ3v) is 3.54. The maximum absolute atomic E-state index is 12.4. The predicted molar refractivity (Wildman–Crippen MR) is 74.4 cm³/mol. The minimum absolute atomic E-state index is 0.186. The number of carbonyl (C=O) groups is 1. The summed E-state index contributed by atoms with van der Waals surface area (Å²) in [6.45, 7) is 1.77. The van der Waals surface area contributed by atoms with Crippen molar-refractivity contribution < 1.29 is 9.21 Å². The highest BCUT2D eigenvalue weighted by molar-refractivity contribution is 5.92. The number of nitrogens with one attached hydrogen (secondary N) is 2. The van der Waals surface area contributed by atoms with Gasteiger partial charge in [-0.05, 0) is 19.1 Å². The zero-order valence-electron chi connectivity index (χ0n) is 11.8. The Morgan fingerprint density at radius 3 is 2.48 bits per heavy atom. The Morgan fingerprint density at radius 1 is 1.14 bits per heavy atom. The molecule has 0 spiro atoms. The van der Waals surface area contributed by atoms with Crippen molar-refractivity contribution >= 4 is 11.8 Å². The summed E-state index contributed by atoms with van der Waals surface area (Å²) in [7, 11) is 2.89. The van der Waals surface area contributed by atoms with Gasteiger partial charge in [-0.3, -0.25) is 19.2 Å². The molecular formula is C13H14N4O4. The normalized spacial score (nSPS) is 17.1. The molecule has 3 rings (SSSR count). The third kappa shape index (κ3) is 1.87. The van der Waals surface area contributed by atoms with Crippen LogP contribution < -0.4 is 21.9 Å². The summed E-state index contributed by atoms with van der Waals surface area (Å²) in [5.74, 6) is 1.30. The van der Waals surface area contributed by atoms with Gasteiger partial charge in [-0.25, -0.2) is 9.59 Å². The number of fused-ring (bicyclic) bond motifs is 1. The molecule has 1 aliphatic heterocycles. The Bertz CT molecular complexity index is 858. The summed E-state index contributed by atoms with van der Waals surface area (Å²) < 4.78 is 7.75. The Labute approximate surface area is 119 Å². The summed E-state index contributed by atoms with van der Waals surface area (Å²) in [6.07, 6.45) is 0. The molecule has 2 amide bonds. The number of aryl methyl sites for hydroxylation is 1. The largest absolute Gasteiger partial charge is 0.464 e. The van der Waals surface area contributed by atoms with Crippen molar-refractivity contribution in [3.05, 3.63) is 50.1 Å². The Hall–Kier alpha value is -2.77. The second-order valence-corrected chi connectivity index (χ2v) is 4.95. The van der Waals surface area contributed by atoms with E-state index in [2.05, 4.69) is 10.6 Å². The minimum atomic E-state index is -0.729. The molecule has 8 heteroatoms. The Morgan fingerprint density at radius 2 is 1.86 bits per heavy atom. The smallest absolute Gasteiger partial charge is 0.332 e. The maximum Gasteiger partial charge on any atom is 0.332 e. The fourth-order valence-electron chi connectivity index (χ4n) is 2.45. The van der Waals surface area contributed by atoms with Crippen LogP contribution in [0.1, 0.15) is 23.1 Å². The van der Waals surface area contributed by atoms with E-state index in [1.807, 2.05) is 0 Å². The summed E-state index contributed by atoms with van der Waals surface area (Å²) in [5.41, 5.74) is -0.705. The van der Waals surface area contributed by atoms with Gasteiger partial charge in [-0.1, -0.05) is 0 Å². The molecule has 0 aliphatic carbocycles. The van der Waals surface area contributed by atoms with Gasteiger partial charge in [0.15, 0.2) is 0 Å². The number of rotatable bonds is 1. The molecule has 2 aromatic heterocycles. The minimum Gasteiger partial charge on any atom is -0.464 e. The molecule has 1 aliphatic rings. The van der Waals surface area contributed by atoms with Crippen LogP contribution in [0.2, 0.25) is 0 Å². The number of hydrogen-bond acceptors (Lipinski definition) is 4. The van der Waals surface area contributed by atoms with E-state index in [0.717, 1.165) is 4.57 Å². The number of amides is 2. The van der Waals surface area contributed by atoms with Crippen molar-refractivity contribution in [2.45, 2.75) is 13.0 Å². The molecule has 0 saturated heterocycles. The first-order valence-electron chi connectivity index (χ1n) is 6.34. The van der Waals surface area contributed by atoms with Crippen molar-refractivity contribution in [1.29, 1.82) is 0 Å². The number of anilines is 1. The molecule has 0 radical (unpaired) electrons. The number of furan rings is 1. The molecule has 8 nitrogen and oxygen atoms in total. The van der Waals surface area contributed by atoms with Gasteiger partial charge in [0.05, 0.1) is 5.56 Å². The molecule has 2 aromatic rings. The lowest BCUT2D eigenvalue weighted by Crippen LogP contribution is -2.48. The molecular weight excluding hydrogens is 276 g/mol. The first-order chi connectivity index (χ1) is 9.90. The van der Waals surface area contributed by atoms with Crippen molar-refractivity contribution in [3.8, 4) is 0 Å². The quantitative estimate of drug-likeness (QED) is 0.784. The molecule has 0 aromatic carbocycles. The molecule has 110 valence electrons. The van der Waals surface area contributed by atoms with Crippen LogP contribution in [0.5, 0.6) is 0 Å². The highest BCUT2D eigenvalue weighted by Gasteiger charge is 2.33. The first kappa shape index (κ1) is 13.2. The van der Waals surface area contributed by atoms with Gasteiger partial charge in [0.1, 0.15) is 23.4 Å².